The van der Waals surface area contributed by atoms with Gasteiger partial charge in [-0.05, 0) is 62.8 Å². The smallest absolute Gasteiger partial charge is 0.264 e. The minimum atomic E-state index is -3.94. The summed E-state index contributed by atoms with van der Waals surface area (Å²) in [6.07, 6.45) is 0.823. The molecule has 0 bridgehead atoms. The van der Waals surface area contributed by atoms with Crippen LogP contribution >= 0.6 is 11.6 Å². The van der Waals surface area contributed by atoms with Crippen molar-refractivity contribution in [3.63, 3.8) is 0 Å². The van der Waals surface area contributed by atoms with Crippen molar-refractivity contribution in [3.05, 3.63) is 59.1 Å². The number of nitrogens with one attached hydrogen (secondary N) is 1. The van der Waals surface area contributed by atoms with Crippen LogP contribution in [0.15, 0.2) is 53.4 Å². The summed E-state index contributed by atoms with van der Waals surface area (Å²) >= 11 is 5.92. The van der Waals surface area contributed by atoms with Crippen molar-refractivity contribution < 1.29 is 13.2 Å². The number of aryl methyl sites for hydroxylation is 1. The van der Waals surface area contributed by atoms with E-state index >= 15 is 0 Å². The van der Waals surface area contributed by atoms with Crippen LogP contribution in [0.1, 0.15) is 12.0 Å². The topological polar surface area (TPSA) is 73.0 Å². The number of carbonyl (C=O) groups is 1. The summed E-state index contributed by atoms with van der Waals surface area (Å²) in [6, 6.07) is 13.1. The number of piperazine rings is 1. The number of halogens is 1. The second kappa shape index (κ2) is 11.1. The standard InChI is InChI=1S/C23H31ClN4O3S/c1-19-6-3-4-7-22(19)28(32(30,31)21-10-8-20(24)9-11-21)18-23(29)25-12-5-13-27-16-14-26(2)15-17-27/h3-4,6-11H,5,12-18H2,1-2H3,(H,25,29). The van der Waals surface area contributed by atoms with E-state index in [0.717, 1.165) is 44.7 Å². The van der Waals surface area contributed by atoms with E-state index < -0.39 is 10.0 Å². The van der Waals surface area contributed by atoms with Crippen molar-refractivity contribution in [2.45, 2.75) is 18.2 Å². The maximum Gasteiger partial charge on any atom is 0.264 e. The first-order valence-corrected chi connectivity index (χ1v) is 12.6. The van der Waals surface area contributed by atoms with E-state index in [4.69, 9.17) is 11.6 Å². The monoisotopic (exact) mass is 478 g/mol. The largest absolute Gasteiger partial charge is 0.354 e. The molecule has 0 atom stereocenters. The van der Waals surface area contributed by atoms with Gasteiger partial charge in [-0.2, -0.15) is 0 Å². The summed E-state index contributed by atoms with van der Waals surface area (Å²) in [4.78, 5) is 17.5. The highest BCUT2D eigenvalue weighted by Gasteiger charge is 2.28. The second-order valence-corrected chi connectivity index (χ2v) is 10.4. The van der Waals surface area contributed by atoms with Crippen molar-refractivity contribution in [1.82, 2.24) is 15.1 Å². The van der Waals surface area contributed by atoms with Crippen molar-refractivity contribution in [3.8, 4) is 0 Å². The third-order valence-corrected chi connectivity index (χ3v) is 7.67. The number of sulfonamides is 1. The summed E-state index contributed by atoms with van der Waals surface area (Å²) in [5, 5.41) is 3.33. The fraction of sp³-hybridized carbons (Fsp3) is 0.435. The fourth-order valence-corrected chi connectivity index (χ4v) is 5.28. The molecule has 1 amide bonds. The molecule has 2 aromatic rings. The highest BCUT2D eigenvalue weighted by molar-refractivity contribution is 7.92. The van der Waals surface area contributed by atoms with E-state index in [0.29, 0.717) is 17.3 Å². The van der Waals surface area contributed by atoms with Crippen LogP contribution in [-0.4, -0.2) is 77.0 Å². The number of rotatable bonds is 9. The summed E-state index contributed by atoms with van der Waals surface area (Å²) in [5.74, 6) is -0.329. The molecule has 7 nitrogen and oxygen atoms in total. The van der Waals surface area contributed by atoms with Gasteiger partial charge in [0.05, 0.1) is 10.6 Å². The van der Waals surface area contributed by atoms with Crippen LogP contribution in [0.4, 0.5) is 5.69 Å². The predicted octanol–water partition coefficient (Wildman–Crippen LogP) is 2.60. The molecule has 0 spiro atoms. The first-order chi connectivity index (χ1) is 15.3. The van der Waals surface area contributed by atoms with E-state index in [9.17, 15) is 13.2 Å². The summed E-state index contributed by atoms with van der Waals surface area (Å²) in [7, 11) is -1.82. The molecule has 1 N–H and O–H groups in total. The van der Waals surface area contributed by atoms with Crippen LogP contribution in [0.2, 0.25) is 5.02 Å². The molecule has 174 valence electrons. The zero-order valence-corrected chi connectivity index (χ0v) is 20.2. The minimum Gasteiger partial charge on any atom is -0.354 e. The lowest BCUT2D eigenvalue weighted by Crippen LogP contribution is -2.45. The van der Waals surface area contributed by atoms with Gasteiger partial charge < -0.3 is 15.1 Å². The van der Waals surface area contributed by atoms with E-state index in [-0.39, 0.29) is 17.3 Å². The molecular formula is C23H31ClN4O3S. The molecule has 0 aromatic heterocycles. The molecule has 1 aliphatic rings. The summed E-state index contributed by atoms with van der Waals surface area (Å²) < 4.78 is 27.9. The molecule has 1 saturated heterocycles. The number of likely N-dealkylation sites (N-methyl/N-ethyl adjacent to an activating group) is 1. The normalized spacial score (nSPS) is 15.5. The van der Waals surface area contributed by atoms with Crippen LogP contribution in [-0.2, 0) is 14.8 Å². The molecular weight excluding hydrogens is 448 g/mol. The highest BCUT2D eigenvalue weighted by Crippen LogP contribution is 2.27. The van der Waals surface area contributed by atoms with Crippen LogP contribution in [0.25, 0.3) is 0 Å². The van der Waals surface area contributed by atoms with Gasteiger partial charge in [-0.3, -0.25) is 9.10 Å². The SMILES string of the molecule is Cc1ccccc1N(CC(=O)NCCCN1CCN(C)CC1)S(=O)(=O)c1ccc(Cl)cc1. The zero-order valence-electron chi connectivity index (χ0n) is 18.6. The van der Waals surface area contributed by atoms with E-state index in [1.165, 1.54) is 28.6 Å². The fourth-order valence-electron chi connectivity index (χ4n) is 3.66. The average Bonchev–Trinajstić information content (AvgIpc) is 2.77. The van der Waals surface area contributed by atoms with Crippen molar-refractivity contribution >= 4 is 33.2 Å². The van der Waals surface area contributed by atoms with Gasteiger partial charge in [-0.15, -0.1) is 0 Å². The van der Waals surface area contributed by atoms with E-state index in [1.54, 1.807) is 12.1 Å². The third-order valence-electron chi connectivity index (χ3n) is 5.64. The van der Waals surface area contributed by atoms with E-state index in [2.05, 4.69) is 22.2 Å². The van der Waals surface area contributed by atoms with Gasteiger partial charge in [0.15, 0.2) is 0 Å². The Bertz CT molecular complexity index is 1010. The average molecular weight is 479 g/mol. The Hall–Kier alpha value is -2.13. The number of amides is 1. The number of carbonyl (C=O) groups excluding carboxylic acids is 1. The van der Waals surface area contributed by atoms with E-state index in [1.807, 2.05) is 19.1 Å². The van der Waals surface area contributed by atoms with Crippen molar-refractivity contribution in [1.29, 1.82) is 0 Å². The molecule has 0 radical (unpaired) electrons. The maximum atomic E-state index is 13.4. The Morgan fingerprint density at radius 3 is 2.38 bits per heavy atom. The van der Waals surface area contributed by atoms with Crippen LogP contribution < -0.4 is 9.62 Å². The summed E-state index contributed by atoms with van der Waals surface area (Å²) in [6.45, 7) is 7.14. The van der Waals surface area contributed by atoms with Gasteiger partial charge in [0.1, 0.15) is 6.54 Å². The Labute approximate surface area is 196 Å². The van der Waals surface area contributed by atoms with Crippen molar-refractivity contribution in [2.75, 3.05) is 57.2 Å². The molecule has 2 aromatic carbocycles. The van der Waals surface area contributed by atoms with Gasteiger partial charge in [0.25, 0.3) is 10.0 Å². The Morgan fingerprint density at radius 1 is 1.06 bits per heavy atom. The van der Waals surface area contributed by atoms with Crippen LogP contribution in [0.3, 0.4) is 0 Å². The molecule has 1 fully saturated rings. The molecule has 1 heterocycles. The third kappa shape index (κ3) is 6.45. The lowest BCUT2D eigenvalue weighted by Gasteiger charge is -2.32. The Balaban J connectivity index is 1.66. The molecule has 0 unspecified atom stereocenters. The summed E-state index contributed by atoms with van der Waals surface area (Å²) in [5.41, 5.74) is 1.25. The molecule has 3 rings (SSSR count). The Morgan fingerprint density at radius 2 is 1.72 bits per heavy atom. The lowest BCUT2D eigenvalue weighted by atomic mass is 10.2. The zero-order chi connectivity index (χ0) is 23.1. The first-order valence-electron chi connectivity index (χ1n) is 10.8. The number of nitrogens with zero attached hydrogens (tertiary/aromatic N) is 3. The quantitative estimate of drug-likeness (QED) is 0.561. The van der Waals surface area contributed by atoms with Gasteiger partial charge in [0, 0.05) is 37.7 Å². The maximum absolute atomic E-state index is 13.4. The Kier molecular flexibility index (Phi) is 8.53. The van der Waals surface area contributed by atoms with Gasteiger partial charge >= 0.3 is 0 Å². The van der Waals surface area contributed by atoms with Gasteiger partial charge in [-0.1, -0.05) is 29.8 Å². The number of para-hydroxylation sites is 1. The van der Waals surface area contributed by atoms with Crippen LogP contribution in [0.5, 0.6) is 0 Å². The number of hydrogen-bond donors (Lipinski definition) is 1. The molecule has 9 heteroatoms. The first kappa shape index (κ1) is 24.5. The number of hydrogen-bond acceptors (Lipinski definition) is 5. The molecule has 1 aliphatic heterocycles. The minimum absolute atomic E-state index is 0.0908. The van der Waals surface area contributed by atoms with Gasteiger partial charge in [-0.25, -0.2) is 8.42 Å². The lowest BCUT2D eigenvalue weighted by molar-refractivity contribution is -0.119. The molecule has 0 aliphatic carbocycles. The molecule has 0 saturated carbocycles. The highest BCUT2D eigenvalue weighted by atomic mass is 35.5. The predicted molar refractivity (Wildman–Crippen MR) is 129 cm³/mol. The number of anilines is 1. The molecule has 32 heavy (non-hydrogen) atoms. The second-order valence-electron chi connectivity index (χ2n) is 8.10. The van der Waals surface area contributed by atoms with Crippen molar-refractivity contribution in [2.24, 2.45) is 0 Å². The van der Waals surface area contributed by atoms with Gasteiger partial charge in [0.2, 0.25) is 5.91 Å². The van der Waals surface area contributed by atoms with Crippen LogP contribution in [0, 0.1) is 6.92 Å². The number of benzene rings is 2.